The van der Waals surface area contributed by atoms with Gasteiger partial charge >= 0.3 is 0 Å². The van der Waals surface area contributed by atoms with E-state index in [0.717, 1.165) is 12.0 Å². The number of ether oxygens (including phenoxy) is 1. The molecule has 0 aliphatic carbocycles. The Morgan fingerprint density at radius 2 is 2.32 bits per heavy atom. The number of nitrogens with zero attached hydrogens (tertiary/aromatic N) is 4. The number of pyridine rings is 1. The van der Waals surface area contributed by atoms with Gasteiger partial charge in [-0.1, -0.05) is 6.07 Å². The van der Waals surface area contributed by atoms with Gasteiger partial charge in [0, 0.05) is 36.3 Å². The summed E-state index contributed by atoms with van der Waals surface area (Å²) in [6.07, 6.45) is 2.44. The zero-order valence-corrected chi connectivity index (χ0v) is 14.2. The van der Waals surface area contributed by atoms with Crippen molar-refractivity contribution in [2.45, 2.75) is 12.3 Å². The summed E-state index contributed by atoms with van der Waals surface area (Å²) in [5.74, 6) is 1.56. The van der Waals surface area contributed by atoms with E-state index in [1.54, 1.807) is 34.6 Å². The lowest BCUT2D eigenvalue weighted by Gasteiger charge is -2.15. The van der Waals surface area contributed by atoms with Crippen molar-refractivity contribution in [2.75, 3.05) is 19.7 Å². The Morgan fingerprint density at radius 3 is 3.12 bits per heavy atom. The molecule has 4 rings (SSSR count). The predicted octanol–water partition coefficient (Wildman–Crippen LogP) is 2.59. The summed E-state index contributed by atoms with van der Waals surface area (Å²) >= 11 is 1.58. The van der Waals surface area contributed by atoms with Gasteiger partial charge in [-0.25, -0.2) is 4.98 Å². The summed E-state index contributed by atoms with van der Waals surface area (Å²) in [6, 6.07) is 7.29. The highest BCUT2D eigenvalue weighted by Crippen LogP contribution is 2.29. The number of carbonyl (C=O) groups is 1. The summed E-state index contributed by atoms with van der Waals surface area (Å²) in [5, 5.41) is 12.2. The summed E-state index contributed by atoms with van der Waals surface area (Å²) in [6.45, 7) is 1.20. The van der Waals surface area contributed by atoms with E-state index in [1.165, 1.54) is 0 Å². The third kappa shape index (κ3) is 3.53. The first-order valence-corrected chi connectivity index (χ1v) is 8.91. The van der Waals surface area contributed by atoms with Crippen LogP contribution in [0.2, 0.25) is 0 Å². The maximum Gasteiger partial charge on any atom is 0.260 e. The number of hydrogen-bond donors (Lipinski definition) is 0. The van der Waals surface area contributed by atoms with Crippen molar-refractivity contribution in [2.24, 2.45) is 0 Å². The van der Waals surface area contributed by atoms with Crippen LogP contribution in [0.25, 0.3) is 11.5 Å². The highest BCUT2D eigenvalue weighted by Gasteiger charge is 2.31. The van der Waals surface area contributed by atoms with Crippen LogP contribution >= 0.6 is 11.3 Å². The lowest BCUT2D eigenvalue weighted by Crippen LogP contribution is -2.33. The Bertz CT molecular complexity index is 835. The van der Waals surface area contributed by atoms with E-state index in [2.05, 4.69) is 15.2 Å². The molecule has 0 bridgehead atoms. The standard InChI is InChI=1S/C17H16N4O3S/c22-15(10-23-14-3-1-2-6-18-14)21-7-4-12(9-21)16-19-20-17(24-16)13-5-8-25-11-13/h1-3,5-6,8,11-12H,4,7,9-10H2/t12-/m1/s1. The lowest BCUT2D eigenvalue weighted by molar-refractivity contribution is -0.132. The Labute approximate surface area is 148 Å². The summed E-state index contributed by atoms with van der Waals surface area (Å²) in [5.41, 5.74) is 0.929. The Balaban J connectivity index is 1.34. The molecule has 3 aromatic rings. The molecular formula is C17H16N4O3S. The van der Waals surface area contributed by atoms with Gasteiger partial charge < -0.3 is 14.1 Å². The maximum atomic E-state index is 12.3. The average molecular weight is 356 g/mol. The molecule has 25 heavy (non-hydrogen) atoms. The van der Waals surface area contributed by atoms with Gasteiger partial charge in [0.1, 0.15) is 0 Å². The van der Waals surface area contributed by atoms with Gasteiger partial charge in [0.15, 0.2) is 6.61 Å². The van der Waals surface area contributed by atoms with Crippen molar-refractivity contribution in [3.05, 3.63) is 47.1 Å². The predicted molar refractivity (Wildman–Crippen MR) is 91.3 cm³/mol. The number of carbonyl (C=O) groups excluding carboxylic acids is 1. The van der Waals surface area contributed by atoms with Crippen LogP contribution in [0.1, 0.15) is 18.2 Å². The third-order valence-electron chi connectivity index (χ3n) is 4.08. The average Bonchev–Trinajstić information content (AvgIpc) is 3.40. The van der Waals surface area contributed by atoms with Gasteiger partial charge in [-0.2, -0.15) is 11.3 Å². The van der Waals surface area contributed by atoms with Crippen LogP contribution in [0.4, 0.5) is 0 Å². The number of amides is 1. The molecule has 1 amide bonds. The number of thiophene rings is 1. The number of rotatable bonds is 5. The van der Waals surface area contributed by atoms with Gasteiger partial charge in [0.2, 0.25) is 17.7 Å². The van der Waals surface area contributed by atoms with Crippen molar-refractivity contribution >= 4 is 17.2 Å². The Morgan fingerprint density at radius 1 is 1.36 bits per heavy atom. The van der Waals surface area contributed by atoms with Crippen molar-refractivity contribution < 1.29 is 13.9 Å². The van der Waals surface area contributed by atoms with E-state index in [1.807, 2.05) is 22.9 Å². The molecule has 7 nitrogen and oxygen atoms in total. The van der Waals surface area contributed by atoms with Crippen LogP contribution in [0.15, 0.2) is 45.6 Å². The monoisotopic (exact) mass is 356 g/mol. The van der Waals surface area contributed by atoms with Gasteiger partial charge in [0.25, 0.3) is 5.91 Å². The molecule has 0 spiro atoms. The van der Waals surface area contributed by atoms with Crippen LogP contribution < -0.4 is 4.74 Å². The molecule has 0 aromatic carbocycles. The number of likely N-dealkylation sites (tertiary alicyclic amines) is 1. The van der Waals surface area contributed by atoms with Crippen LogP contribution in [0.3, 0.4) is 0 Å². The minimum Gasteiger partial charge on any atom is -0.468 e. The highest BCUT2D eigenvalue weighted by molar-refractivity contribution is 7.08. The fraction of sp³-hybridized carbons (Fsp3) is 0.294. The molecule has 0 unspecified atom stereocenters. The van der Waals surface area contributed by atoms with Crippen molar-refractivity contribution in [1.29, 1.82) is 0 Å². The van der Waals surface area contributed by atoms with E-state index in [4.69, 9.17) is 9.15 Å². The minimum atomic E-state index is -0.0641. The molecule has 1 atom stereocenters. The van der Waals surface area contributed by atoms with Crippen molar-refractivity contribution in [3.63, 3.8) is 0 Å². The summed E-state index contributed by atoms with van der Waals surface area (Å²) in [4.78, 5) is 18.1. The molecule has 1 aliphatic rings. The smallest absolute Gasteiger partial charge is 0.260 e. The van der Waals surface area contributed by atoms with E-state index < -0.39 is 0 Å². The van der Waals surface area contributed by atoms with E-state index in [0.29, 0.717) is 30.8 Å². The zero-order chi connectivity index (χ0) is 17.1. The minimum absolute atomic E-state index is 0.0201. The topological polar surface area (TPSA) is 81.4 Å². The molecule has 0 radical (unpaired) electrons. The first-order valence-electron chi connectivity index (χ1n) is 7.97. The molecule has 0 saturated carbocycles. The SMILES string of the molecule is O=C(COc1ccccn1)N1CC[C@@H](c2nnc(-c3ccsc3)o2)C1. The van der Waals surface area contributed by atoms with E-state index >= 15 is 0 Å². The molecule has 128 valence electrons. The fourth-order valence-electron chi connectivity index (χ4n) is 2.75. The van der Waals surface area contributed by atoms with Crippen LogP contribution in [-0.4, -0.2) is 45.7 Å². The van der Waals surface area contributed by atoms with Crippen LogP contribution in [0, 0.1) is 0 Å². The molecule has 3 aromatic heterocycles. The largest absolute Gasteiger partial charge is 0.468 e. The second-order valence-electron chi connectivity index (χ2n) is 5.74. The Kier molecular flexibility index (Phi) is 4.43. The molecule has 8 heteroatoms. The molecular weight excluding hydrogens is 340 g/mol. The molecule has 4 heterocycles. The Hall–Kier alpha value is -2.74. The summed E-state index contributed by atoms with van der Waals surface area (Å²) in [7, 11) is 0. The normalized spacial score (nSPS) is 17.0. The first-order chi connectivity index (χ1) is 12.3. The quantitative estimate of drug-likeness (QED) is 0.699. The van der Waals surface area contributed by atoms with Crippen LogP contribution in [-0.2, 0) is 4.79 Å². The van der Waals surface area contributed by atoms with Crippen molar-refractivity contribution in [1.82, 2.24) is 20.1 Å². The molecule has 0 N–H and O–H groups in total. The first kappa shape index (κ1) is 15.8. The maximum absolute atomic E-state index is 12.3. The second kappa shape index (κ2) is 7.02. The molecule has 1 fully saturated rings. The van der Waals surface area contributed by atoms with Gasteiger partial charge in [0.05, 0.1) is 5.92 Å². The molecule has 1 saturated heterocycles. The van der Waals surface area contributed by atoms with E-state index in [9.17, 15) is 4.79 Å². The second-order valence-corrected chi connectivity index (χ2v) is 6.52. The number of hydrogen-bond acceptors (Lipinski definition) is 7. The van der Waals surface area contributed by atoms with Gasteiger partial charge in [-0.15, -0.1) is 10.2 Å². The fourth-order valence-corrected chi connectivity index (χ4v) is 3.38. The zero-order valence-electron chi connectivity index (χ0n) is 13.4. The van der Waals surface area contributed by atoms with Crippen LogP contribution in [0.5, 0.6) is 5.88 Å². The van der Waals surface area contributed by atoms with Gasteiger partial charge in [-0.05, 0) is 23.9 Å². The van der Waals surface area contributed by atoms with E-state index in [-0.39, 0.29) is 18.4 Å². The summed E-state index contributed by atoms with van der Waals surface area (Å²) < 4.78 is 11.2. The highest BCUT2D eigenvalue weighted by atomic mass is 32.1. The third-order valence-corrected chi connectivity index (χ3v) is 4.76. The number of aromatic nitrogens is 3. The molecule has 1 aliphatic heterocycles. The van der Waals surface area contributed by atoms with Crippen molar-refractivity contribution in [3.8, 4) is 17.3 Å². The lowest BCUT2D eigenvalue weighted by atomic mass is 10.1. The van der Waals surface area contributed by atoms with Gasteiger partial charge in [-0.3, -0.25) is 4.79 Å².